The van der Waals surface area contributed by atoms with Gasteiger partial charge in [0.1, 0.15) is 0 Å². The molecule has 0 nitrogen and oxygen atoms in total. The van der Waals surface area contributed by atoms with E-state index >= 15 is 0 Å². The highest BCUT2D eigenvalue weighted by molar-refractivity contribution is 7.80. The van der Waals surface area contributed by atoms with E-state index in [1.807, 2.05) is 0 Å². The molecule has 0 aromatic heterocycles. The first kappa shape index (κ1) is 36.1. The Morgan fingerprint density at radius 1 is 0.315 bits per heavy atom. The van der Waals surface area contributed by atoms with Gasteiger partial charge < -0.3 is 0 Å². The van der Waals surface area contributed by atoms with Gasteiger partial charge in [-0.3, -0.25) is 0 Å². The van der Waals surface area contributed by atoms with Gasteiger partial charge in [0.15, 0.2) is 0 Å². The highest BCUT2D eigenvalue weighted by Crippen LogP contribution is 2.46. The SMILES string of the molecule is CC(C)(C)c1ccc2c(-c3c(P(c4ccccc4)c4ccccc4)ccc4cc(C(C)(C)C)ccc34)c(P(c3ccccc3)c3ccccc3)ccc2c1. The molecule has 0 aliphatic carbocycles. The number of benzene rings is 8. The van der Waals surface area contributed by atoms with Gasteiger partial charge in [-0.25, -0.2) is 0 Å². The van der Waals surface area contributed by atoms with Gasteiger partial charge in [0.05, 0.1) is 0 Å². The fourth-order valence-electron chi connectivity index (χ4n) is 7.63. The molecular formula is C52H48P2. The maximum atomic E-state index is 2.47. The predicted octanol–water partition coefficient (Wildman–Crippen LogP) is 11.8. The topological polar surface area (TPSA) is 0 Å². The minimum absolute atomic E-state index is 0.0383. The van der Waals surface area contributed by atoms with Crippen LogP contribution in [-0.2, 0) is 10.8 Å². The fourth-order valence-corrected chi connectivity index (χ4v) is 12.6. The molecular weight excluding hydrogens is 687 g/mol. The summed E-state index contributed by atoms with van der Waals surface area (Å²) >= 11 is 0. The third kappa shape index (κ3) is 7.07. The van der Waals surface area contributed by atoms with E-state index in [4.69, 9.17) is 0 Å². The van der Waals surface area contributed by atoms with Crippen molar-refractivity contribution in [1.29, 1.82) is 0 Å². The molecule has 2 heteroatoms. The Kier molecular flexibility index (Phi) is 9.87. The molecule has 0 amide bonds. The van der Waals surface area contributed by atoms with Crippen molar-refractivity contribution >= 4 is 69.2 Å². The second-order valence-corrected chi connectivity index (χ2v) is 20.7. The van der Waals surface area contributed by atoms with Crippen LogP contribution in [0.15, 0.2) is 182 Å². The minimum Gasteiger partial charge on any atom is -0.0622 e. The van der Waals surface area contributed by atoms with Crippen LogP contribution in [0.2, 0.25) is 0 Å². The van der Waals surface area contributed by atoms with Gasteiger partial charge in [0.2, 0.25) is 0 Å². The molecule has 0 spiro atoms. The molecule has 0 unspecified atom stereocenters. The van der Waals surface area contributed by atoms with Gasteiger partial charge >= 0.3 is 0 Å². The molecule has 8 rings (SSSR count). The van der Waals surface area contributed by atoms with Crippen molar-refractivity contribution in [1.82, 2.24) is 0 Å². The molecule has 0 saturated heterocycles. The van der Waals surface area contributed by atoms with Crippen LogP contribution in [0.5, 0.6) is 0 Å². The first-order chi connectivity index (χ1) is 26.1. The van der Waals surface area contributed by atoms with Crippen LogP contribution in [0.3, 0.4) is 0 Å². The van der Waals surface area contributed by atoms with Crippen molar-refractivity contribution in [2.24, 2.45) is 0 Å². The molecule has 0 aliphatic heterocycles. The van der Waals surface area contributed by atoms with Crippen LogP contribution in [0.25, 0.3) is 32.7 Å². The van der Waals surface area contributed by atoms with E-state index in [2.05, 4.69) is 224 Å². The summed E-state index contributed by atoms with van der Waals surface area (Å²) in [6.45, 7) is 13.9. The highest BCUT2D eigenvalue weighted by atomic mass is 31.1. The monoisotopic (exact) mass is 734 g/mol. The summed E-state index contributed by atoms with van der Waals surface area (Å²) in [6, 6.07) is 69.0. The van der Waals surface area contributed by atoms with E-state index < -0.39 is 15.8 Å². The molecule has 0 heterocycles. The van der Waals surface area contributed by atoms with E-state index in [1.54, 1.807) is 0 Å². The lowest BCUT2D eigenvalue weighted by molar-refractivity contribution is 0.591. The predicted molar refractivity (Wildman–Crippen MR) is 242 cm³/mol. The molecule has 0 radical (unpaired) electrons. The summed E-state index contributed by atoms with van der Waals surface area (Å²) in [5.74, 6) is 0. The van der Waals surface area contributed by atoms with Crippen LogP contribution in [0, 0.1) is 0 Å². The van der Waals surface area contributed by atoms with E-state index in [0.29, 0.717) is 0 Å². The molecule has 0 N–H and O–H groups in total. The summed E-state index contributed by atoms with van der Waals surface area (Å²) in [7, 11) is -1.81. The summed E-state index contributed by atoms with van der Waals surface area (Å²) in [6.07, 6.45) is 0. The van der Waals surface area contributed by atoms with Crippen LogP contribution in [-0.4, -0.2) is 0 Å². The molecule has 0 fully saturated rings. The van der Waals surface area contributed by atoms with Crippen molar-refractivity contribution in [2.45, 2.75) is 52.4 Å². The Balaban J connectivity index is 1.56. The van der Waals surface area contributed by atoms with E-state index in [1.165, 1.54) is 75.6 Å². The molecule has 0 aliphatic rings. The standard InChI is InChI=1S/C52H48P2/c1-51(2,3)39-29-31-45-37(35-39)27-33-47(53(41-19-11-7-12-20-41)42-21-13-8-14-22-42)49(45)50-46-32-30-40(52(4,5)6)36-38(46)28-34-48(50)54(43-23-15-9-16-24-43)44-25-17-10-18-26-44/h7-36H,1-6H3. The third-order valence-electron chi connectivity index (χ3n) is 10.5. The van der Waals surface area contributed by atoms with Gasteiger partial charge in [-0.1, -0.05) is 224 Å². The molecule has 266 valence electrons. The Morgan fingerprint density at radius 2 is 0.611 bits per heavy atom. The van der Waals surface area contributed by atoms with Gasteiger partial charge in [-0.15, -0.1) is 0 Å². The smallest absolute Gasteiger partial charge is 0.000883 e. The van der Waals surface area contributed by atoms with Crippen LogP contribution in [0.4, 0.5) is 0 Å². The van der Waals surface area contributed by atoms with Crippen LogP contribution >= 0.6 is 15.8 Å². The molecule has 8 aromatic carbocycles. The number of hydrogen-bond acceptors (Lipinski definition) is 0. The number of rotatable bonds is 7. The molecule has 0 atom stereocenters. The summed E-state index contributed by atoms with van der Waals surface area (Å²) < 4.78 is 0. The largest absolute Gasteiger partial charge is 0.0622 e. The summed E-state index contributed by atoms with van der Waals surface area (Å²) in [5.41, 5.74) is 5.50. The third-order valence-corrected chi connectivity index (χ3v) is 15.5. The lowest BCUT2D eigenvalue weighted by Gasteiger charge is -2.29. The molecule has 8 aromatic rings. The average Bonchev–Trinajstić information content (AvgIpc) is 3.19. The van der Waals surface area contributed by atoms with Crippen molar-refractivity contribution in [3.8, 4) is 11.1 Å². The zero-order valence-corrected chi connectivity index (χ0v) is 34.0. The fraction of sp³-hybridized carbons (Fsp3) is 0.154. The Morgan fingerprint density at radius 3 is 0.889 bits per heavy atom. The Bertz CT molecular complexity index is 2280. The van der Waals surface area contributed by atoms with Crippen molar-refractivity contribution < 1.29 is 0 Å². The lowest BCUT2D eigenvalue weighted by Crippen LogP contribution is -2.26. The first-order valence-corrected chi connectivity index (χ1v) is 21.7. The number of hydrogen-bond donors (Lipinski definition) is 0. The molecule has 54 heavy (non-hydrogen) atoms. The Hall–Kier alpha value is -4.86. The van der Waals surface area contributed by atoms with Crippen LogP contribution in [0.1, 0.15) is 52.7 Å². The minimum atomic E-state index is -0.907. The lowest BCUT2D eigenvalue weighted by atomic mass is 9.83. The maximum Gasteiger partial charge on any atom is -0.000883 e. The normalized spacial score (nSPS) is 12.2. The number of fused-ring (bicyclic) bond motifs is 2. The molecule has 0 bridgehead atoms. The van der Waals surface area contributed by atoms with E-state index in [-0.39, 0.29) is 10.8 Å². The van der Waals surface area contributed by atoms with Crippen molar-refractivity contribution in [3.05, 3.63) is 193 Å². The van der Waals surface area contributed by atoms with Crippen molar-refractivity contribution in [2.75, 3.05) is 0 Å². The second kappa shape index (κ2) is 14.8. The zero-order valence-electron chi connectivity index (χ0n) is 32.2. The van der Waals surface area contributed by atoms with Gasteiger partial charge in [-0.05, 0) is 102 Å². The molecule has 0 saturated carbocycles. The van der Waals surface area contributed by atoms with Gasteiger partial charge in [-0.2, -0.15) is 0 Å². The second-order valence-electron chi connectivity index (χ2n) is 16.3. The van der Waals surface area contributed by atoms with E-state index in [9.17, 15) is 0 Å². The maximum absolute atomic E-state index is 2.47. The highest BCUT2D eigenvalue weighted by Gasteiger charge is 2.29. The first-order valence-electron chi connectivity index (χ1n) is 19.0. The van der Waals surface area contributed by atoms with Gasteiger partial charge in [0, 0.05) is 0 Å². The Labute approximate surface area is 324 Å². The summed E-state index contributed by atoms with van der Waals surface area (Å²) in [4.78, 5) is 0. The van der Waals surface area contributed by atoms with Crippen molar-refractivity contribution in [3.63, 3.8) is 0 Å². The van der Waals surface area contributed by atoms with E-state index in [0.717, 1.165) is 0 Å². The summed E-state index contributed by atoms with van der Waals surface area (Å²) in [5, 5.41) is 13.4. The van der Waals surface area contributed by atoms with Gasteiger partial charge in [0.25, 0.3) is 0 Å². The quantitative estimate of drug-likeness (QED) is 0.143. The van der Waals surface area contributed by atoms with Crippen LogP contribution < -0.4 is 31.8 Å². The average molecular weight is 735 g/mol. The zero-order chi connectivity index (χ0) is 37.5.